The lowest BCUT2D eigenvalue weighted by Gasteiger charge is -2.31. The molecule has 30 heavy (non-hydrogen) atoms. The number of methoxy groups -OCH3 is 1. The molecule has 0 fully saturated rings. The smallest absolute Gasteiger partial charge is 0.305 e. The summed E-state index contributed by atoms with van der Waals surface area (Å²) >= 11 is 1.73. The Bertz CT molecular complexity index is 1180. The van der Waals surface area contributed by atoms with E-state index in [-0.39, 0.29) is 17.2 Å². The molecule has 0 saturated heterocycles. The summed E-state index contributed by atoms with van der Waals surface area (Å²) in [6.45, 7) is 10.5. The highest BCUT2D eigenvalue weighted by Gasteiger charge is 2.28. The maximum Gasteiger partial charge on any atom is 0.305 e. The fourth-order valence-electron chi connectivity index (χ4n) is 3.47. The third-order valence-corrected chi connectivity index (χ3v) is 6.22. The molecular formula is C23H25N3O3S. The number of ether oxygens (including phenoxy) is 2. The number of fused-ring (bicyclic) bond motifs is 2. The number of hydrogen-bond donors (Lipinski definition) is 0. The molecule has 1 aromatic carbocycles. The molecule has 0 unspecified atom stereocenters. The van der Waals surface area contributed by atoms with Crippen molar-refractivity contribution >= 4 is 22.8 Å². The van der Waals surface area contributed by atoms with Gasteiger partial charge < -0.3 is 9.47 Å². The molecule has 3 aromatic rings. The number of aromatic nitrogens is 3. The van der Waals surface area contributed by atoms with E-state index in [2.05, 4.69) is 11.6 Å². The number of benzene rings is 1. The van der Waals surface area contributed by atoms with Gasteiger partial charge in [0.1, 0.15) is 0 Å². The van der Waals surface area contributed by atoms with Crippen molar-refractivity contribution < 1.29 is 9.47 Å². The summed E-state index contributed by atoms with van der Waals surface area (Å²) in [5, 5.41) is 0.457. The van der Waals surface area contributed by atoms with Crippen LogP contribution in [0.15, 0.2) is 52.2 Å². The molecule has 0 amide bonds. The average Bonchev–Trinajstić information content (AvgIpc) is 2.71. The SMILES string of the molecule is C=C(C)CSc1ccc(-n2c(OC)nc(=O)c3cc4c(nc32)CC(C)(C)OC4)cc1. The van der Waals surface area contributed by atoms with Gasteiger partial charge in [-0.1, -0.05) is 12.2 Å². The first kappa shape index (κ1) is 20.6. The van der Waals surface area contributed by atoms with E-state index in [0.29, 0.717) is 24.1 Å². The van der Waals surface area contributed by atoms with Gasteiger partial charge in [-0.2, -0.15) is 4.98 Å². The van der Waals surface area contributed by atoms with Crippen LogP contribution in [0.5, 0.6) is 6.01 Å². The first-order valence-electron chi connectivity index (χ1n) is 9.78. The molecule has 7 heteroatoms. The largest absolute Gasteiger partial charge is 0.468 e. The summed E-state index contributed by atoms with van der Waals surface area (Å²) in [5.41, 5.74) is 3.73. The molecule has 0 atom stereocenters. The van der Waals surface area contributed by atoms with E-state index in [1.807, 2.05) is 51.1 Å². The predicted octanol–water partition coefficient (Wildman–Crippen LogP) is 4.31. The van der Waals surface area contributed by atoms with Crippen molar-refractivity contribution in [2.24, 2.45) is 0 Å². The first-order chi connectivity index (χ1) is 14.3. The Morgan fingerprint density at radius 2 is 2.03 bits per heavy atom. The lowest BCUT2D eigenvalue weighted by molar-refractivity contribution is -0.0411. The first-order valence-corrected chi connectivity index (χ1v) is 10.8. The van der Waals surface area contributed by atoms with Gasteiger partial charge in [0.25, 0.3) is 5.56 Å². The van der Waals surface area contributed by atoms with Crippen LogP contribution in [-0.2, 0) is 17.8 Å². The summed E-state index contributed by atoms with van der Waals surface area (Å²) in [7, 11) is 1.51. The van der Waals surface area contributed by atoms with Gasteiger partial charge in [-0.3, -0.25) is 4.79 Å². The van der Waals surface area contributed by atoms with Gasteiger partial charge in [0.05, 0.1) is 36.1 Å². The Morgan fingerprint density at radius 1 is 1.30 bits per heavy atom. The van der Waals surface area contributed by atoms with E-state index >= 15 is 0 Å². The molecule has 6 nitrogen and oxygen atoms in total. The van der Waals surface area contributed by atoms with Gasteiger partial charge in [0, 0.05) is 22.6 Å². The molecule has 0 saturated carbocycles. The van der Waals surface area contributed by atoms with Crippen molar-refractivity contribution in [2.75, 3.05) is 12.9 Å². The predicted molar refractivity (Wildman–Crippen MR) is 120 cm³/mol. The summed E-state index contributed by atoms with van der Waals surface area (Å²) in [6.07, 6.45) is 0.674. The van der Waals surface area contributed by atoms with Crippen LogP contribution >= 0.6 is 11.8 Å². The average molecular weight is 424 g/mol. The number of pyridine rings is 1. The van der Waals surface area contributed by atoms with Crippen LogP contribution in [0.1, 0.15) is 32.0 Å². The van der Waals surface area contributed by atoms with Crippen LogP contribution in [0.25, 0.3) is 16.7 Å². The Labute approximate surface area is 180 Å². The lowest BCUT2D eigenvalue weighted by Crippen LogP contribution is -2.33. The minimum absolute atomic E-state index is 0.216. The molecule has 2 aromatic heterocycles. The van der Waals surface area contributed by atoms with Gasteiger partial charge in [0.2, 0.25) is 0 Å². The fourth-order valence-corrected chi connectivity index (χ4v) is 4.21. The van der Waals surface area contributed by atoms with Crippen LogP contribution < -0.4 is 10.3 Å². The fraction of sp³-hybridized carbons (Fsp3) is 0.348. The Kier molecular flexibility index (Phi) is 5.42. The van der Waals surface area contributed by atoms with E-state index in [0.717, 1.165) is 33.2 Å². The minimum atomic E-state index is -0.355. The monoisotopic (exact) mass is 423 g/mol. The zero-order valence-corrected chi connectivity index (χ0v) is 18.5. The maximum absolute atomic E-state index is 12.7. The molecule has 3 heterocycles. The molecule has 1 aliphatic rings. The van der Waals surface area contributed by atoms with Crippen molar-refractivity contribution in [1.29, 1.82) is 0 Å². The molecule has 0 spiro atoms. The van der Waals surface area contributed by atoms with Crippen molar-refractivity contribution in [2.45, 2.75) is 44.3 Å². The van der Waals surface area contributed by atoms with Gasteiger partial charge in [0.15, 0.2) is 5.65 Å². The van der Waals surface area contributed by atoms with Gasteiger partial charge >= 0.3 is 6.01 Å². The molecular weight excluding hydrogens is 398 g/mol. The van der Waals surface area contributed by atoms with E-state index in [4.69, 9.17) is 14.5 Å². The van der Waals surface area contributed by atoms with Crippen molar-refractivity contribution in [3.05, 3.63) is 64.1 Å². The summed E-state index contributed by atoms with van der Waals surface area (Å²) in [4.78, 5) is 22.8. The number of nitrogens with zero attached hydrogens (tertiary/aromatic N) is 3. The zero-order chi connectivity index (χ0) is 21.5. The second-order valence-electron chi connectivity index (χ2n) is 8.17. The zero-order valence-electron chi connectivity index (χ0n) is 17.7. The van der Waals surface area contributed by atoms with E-state index in [1.54, 1.807) is 16.3 Å². The Hall–Kier alpha value is -2.64. The van der Waals surface area contributed by atoms with Gasteiger partial charge in [-0.05, 0) is 51.1 Å². The highest BCUT2D eigenvalue weighted by molar-refractivity contribution is 7.99. The lowest BCUT2D eigenvalue weighted by atomic mass is 9.95. The highest BCUT2D eigenvalue weighted by Crippen LogP contribution is 2.30. The molecule has 0 aliphatic carbocycles. The topological polar surface area (TPSA) is 66.2 Å². The van der Waals surface area contributed by atoms with E-state index in [1.165, 1.54) is 7.11 Å². The quantitative estimate of drug-likeness (QED) is 0.450. The number of thioether (sulfide) groups is 1. The van der Waals surface area contributed by atoms with Crippen LogP contribution in [0.4, 0.5) is 0 Å². The second kappa shape index (κ2) is 7.89. The van der Waals surface area contributed by atoms with Crippen LogP contribution in [0.3, 0.4) is 0 Å². The molecule has 0 N–H and O–H groups in total. The third-order valence-electron chi connectivity index (χ3n) is 4.98. The number of hydrogen-bond acceptors (Lipinski definition) is 6. The van der Waals surface area contributed by atoms with Gasteiger partial charge in [-0.15, -0.1) is 11.8 Å². The van der Waals surface area contributed by atoms with E-state index < -0.39 is 0 Å². The molecule has 0 radical (unpaired) electrons. The summed E-state index contributed by atoms with van der Waals surface area (Å²) in [6, 6.07) is 10.1. The standard InChI is InChI=1S/C23H25N3O3S/c1-14(2)13-30-17-8-6-16(7-9-17)26-20-18(21(27)25-22(26)28-5)10-15-12-29-23(3,4)11-19(15)24-20/h6-10H,1,11-13H2,2-5H3. The minimum Gasteiger partial charge on any atom is -0.468 e. The maximum atomic E-state index is 12.7. The summed E-state index contributed by atoms with van der Waals surface area (Å²) in [5.74, 6) is 0.872. The number of rotatable bonds is 5. The molecule has 0 bridgehead atoms. The van der Waals surface area contributed by atoms with Crippen LogP contribution in [0, 0.1) is 0 Å². The van der Waals surface area contributed by atoms with E-state index in [9.17, 15) is 4.79 Å². The second-order valence-corrected chi connectivity index (χ2v) is 9.22. The third kappa shape index (κ3) is 4.00. The highest BCUT2D eigenvalue weighted by atomic mass is 32.2. The molecule has 1 aliphatic heterocycles. The normalized spacial score (nSPS) is 15.1. The van der Waals surface area contributed by atoms with Crippen LogP contribution in [-0.4, -0.2) is 33.0 Å². The van der Waals surface area contributed by atoms with Crippen molar-refractivity contribution in [3.63, 3.8) is 0 Å². The molecule has 4 rings (SSSR count). The van der Waals surface area contributed by atoms with Crippen LogP contribution in [0.2, 0.25) is 0 Å². The molecule has 156 valence electrons. The van der Waals surface area contributed by atoms with Crippen molar-refractivity contribution in [1.82, 2.24) is 14.5 Å². The van der Waals surface area contributed by atoms with Gasteiger partial charge in [-0.25, -0.2) is 9.55 Å². The van der Waals surface area contributed by atoms with Crippen molar-refractivity contribution in [3.8, 4) is 11.7 Å². The Morgan fingerprint density at radius 3 is 2.70 bits per heavy atom. The summed E-state index contributed by atoms with van der Waals surface area (Å²) < 4.78 is 13.1. The Balaban J connectivity index is 1.87.